The van der Waals surface area contributed by atoms with E-state index in [9.17, 15) is 13.2 Å². The minimum atomic E-state index is -4.52. The summed E-state index contributed by atoms with van der Waals surface area (Å²) in [5.41, 5.74) is 0. The average molecular weight is 416 g/mol. The Morgan fingerprint density at radius 2 is 1.89 bits per heavy atom. The molecule has 0 aromatic carbocycles. The fourth-order valence-electron chi connectivity index (χ4n) is 0.0659. The van der Waals surface area contributed by atoms with Gasteiger partial charge < -0.3 is 0 Å². The zero-order valence-corrected chi connectivity index (χ0v) is 11.3. The standard InChI is InChI=1S/CH2F3NO2S.Rf/c2-1(3,4)5-8-7-6;/h5-6H;. The van der Waals surface area contributed by atoms with Crippen molar-refractivity contribution in [2.45, 2.75) is 6.30 Å². The second-order valence-electron chi connectivity index (χ2n) is 0.758. The molecule has 0 radical (unpaired) electrons. The third-order valence-corrected chi connectivity index (χ3v) is 0.584. The van der Waals surface area contributed by atoms with E-state index < -0.39 is 6.30 Å². The largest absolute Gasteiger partial charge is 0.468 e. The van der Waals surface area contributed by atoms with Crippen LogP contribution in [0.4, 0.5) is 13.2 Å². The van der Waals surface area contributed by atoms with Crippen LogP contribution >= 0.6 is 12.2 Å². The van der Waals surface area contributed by atoms with Gasteiger partial charge in [0.05, 0.1) is 0 Å². The van der Waals surface area contributed by atoms with Gasteiger partial charge in [-0.3, -0.25) is 0 Å². The van der Waals surface area contributed by atoms with E-state index in [1.807, 2.05) is 0 Å². The molecule has 0 aromatic heterocycles. The molecule has 52 valence electrons. The van der Waals surface area contributed by atoms with Gasteiger partial charge in [0.1, 0.15) is 12.2 Å². The first-order valence-electron chi connectivity index (χ1n) is 1.37. The summed E-state index contributed by atoms with van der Waals surface area (Å²) in [5, 5.41) is 7.33. The van der Waals surface area contributed by atoms with Gasteiger partial charge in [0, 0.05) is 0 Å². The molecule has 0 amide bonds. The normalized spacial score (nSPS) is 10.7. The Kier molecular flexibility index (Phi) is 4.79. The van der Waals surface area contributed by atoms with Gasteiger partial charge in [-0.25, -0.2) is 5.26 Å². The van der Waals surface area contributed by atoms with Crippen LogP contribution in [0, 0.1) is 0 Å². The van der Waals surface area contributed by atoms with Crippen LogP contribution in [0.15, 0.2) is 0 Å². The van der Waals surface area contributed by atoms with Crippen molar-refractivity contribution >= 4 is 12.2 Å². The Morgan fingerprint density at radius 1 is 1.44 bits per heavy atom. The maximum absolute atomic E-state index is 10.9. The number of nitrogens with one attached hydrogen (secondary N) is 1. The van der Waals surface area contributed by atoms with Crippen LogP contribution in [0.5, 0.6) is 0 Å². The van der Waals surface area contributed by atoms with E-state index in [4.69, 9.17) is 5.26 Å². The Balaban J connectivity index is 0. The summed E-state index contributed by atoms with van der Waals surface area (Å²) < 4.78 is 36.6. The van der Waals surface area contributed by atoms with Gasteiger partial charge in [-0.15, -0.1) is 9.06 Å². The molecule has 0 heterocycles. The number of alkyl halides is 3. The van der Waals surface area contributed by atoms with E-state index >= 15 is 0 Å². The molecule has 0 unspecified atom stereocenters. The molecule has 0 saturated heterocycles. The van der Waals surface area contributed by atoms with Crippen molar-refractivity contribution in [2.75, 3.05) is 0 Å². The topological polar surface area (TPSA) is 41.5 Å². The van der Waals surface area contributed by atoms with Crippen LogP contribution in [0.2, 0.25) is 0 Å². The minimum Gasteiger partial charge on any atom is -0.238 e. The third kappa shape index (κ3) is 10.9. The molecular weight excluding hydrogens is 414 g/mol. The van der Waals surface area contributed by atoms with E-state index in [2.05, 4.69) is 4.33 Å². The average Bonchev–Trinajstić information content (AvgIpc) is 1.59. The number of halogens is 3. The van der Waals surface area contributed by atoms with E-state index in [1.54, 1.807) is 0 Å². The van der Waals surface area contributed by atoms with Gasteiger partial charge in [-0.1, -0.05) is 0 Å². The Labute approximate surface area is 47.1 Å². The van der Waals surface area contributed by atoms with Crippen molar-refractivity contribution in [3.05, 3.63) is 0 Å². The number of hydrogen-bond donors (Lipinski definition) is 2. The first-order valence-corrected chi connectivity index (χ1v) is 2.11. The molecule has 0 aliphatic carbocycles. The molecule has 0 aliphatic rings. The summed E-state index contributed by atoms with van der Waals surface area (Å²) in [6.07, 6.45) is -4.52. The minimum absolute atomic E-state index is 0. The first-order chi connectivity index (χ1) is 3.56. The number of rotatable bonds is 2. The van der Waals surface area contributed by atoms with E-state index in [0.717, 1.165) is 4.72 Å². The predicted molar refractivity (Wildman–Crippen MR) is 20.5 cm³/mol. The van der Waals surface area contributed by atoms with Crippen molar-refractivity contribution in [1.29, 1.82) is 0 Å². The van der Waals surface area contributed by atoms with Crippen molar-refractivity contribution in [1.82, 2.24) is 4.72 Å². The van der Waals surface area contributed by atoms with Crippen molar-refractivity contribution < 1.29 is 22.8 Å². The summed E-state index contributed by atoms with van der Waals surface area (Å²) in [7, 11) is 0. The van der Waals surface area contributed by atoms with E-state index in [-0.39, 0.29) is 12.2 Å². The van der Waals surface area contributed by atoms with Gasteiger partial charge in [-0.05, 0) is 0 Å². The van der Waals surface area contributed by atoms with Gasteiger partial charge in [0.25, 0.3) is 0 Å². The molecule has 0 rings (SSSR count). The van der Waals surface area contributed by atoms with Crippen molar-refractivity contribution in [2.24, 2.45) is 0 Å². The van der Waals surface area contributed by atoms with E-state index in [1.165, 1.54) is 0 Å². The smallest absolute Gasteiger partial charge is 0.238 e. The number of hydrogen-bond acceptors (Lipinski definition) is 4. The predicted octanol–water partition coefficient (Wildman–Crippen LogP) is 1.15. The summed E-state index contributed by atoms with van der Waals surface area (Å²) in [5.74, 6) is 0. The fourth-order valence-corrected chi connectivity index (χ4v) is 0.198. The van der Waals surface area contributed by atoms with Crippen molar-refractivity contribution in [3.63, 3.8) is 0 Å². The Morgan fingerprint density at radius 3 is 2.00 bits per heavy atom. The monoisotopic (exact) mass is 416 g/mol. The first kappa shape index (κ1) is 10.9. The molecule has 0 spiro atoms. The second-order valence-corrected chi connectivity index (χ2v) is 1.28. The maximum Gasteiger partial charge on any atom is 0.468 e. The molecule has 3 nitrogen and oxygen atoms in total. The molecule has 9 heavy (non-hydrogen) atoms. The van der Waals surface area contributed by atoms with Crippen LogP contribution in [0.1, 0.15) is 0 Å². The second kappa shape index (κ2) is 3.96. The zero-order valence-electron chi connectivity index (χ0n) is 4.10. The fraction of sp³-hybridized carbons (Fsp3) is 1.00. The molecular formula is CH2F3NO2RfS. The van der Waals surface area contributed by atoms with Crippen LogP contribution in [-0.2, 0) is 4.33 Å². The summed E-state index contributed by atoms with van der Waals surface area (Å²) >= 11 is -0.304. The quantitative estimate of drug-likeness (QED) is 0.233. The molecule has 0 bridgehead atoms. The van der Waals surface area contributed by atoms with Crippen LogP contribution in [0.25, 0.3) is 0 Å². The molecule has 8 heteroatoms. The maximum atomic E-state index is 10.9. The molecule has 0 fully saturated rings. The Hall–Kier alpha value is -0.980. The molecule has 2 N–H and O–H groups in total. The van der Waals surface area contributed by atoms with Crippen LogP contribution in [0.3, 0.4) is 0 Å². The summed E-state index contributed by atoms with van der Waals surface area (Å²) in [6.45, 7) is 0. The van der Waals surface area contributed by atoms with Gasteiger partial charge in [0.15, 0.2) is 0 Å². The molecule has 0 aromatic rings. The molecule has 0 saturated carbocycles. The van der Waals surface area contributed by atoms with Gasteiger partial charge in [-0.2, -0.15) is 13.2 Å². The zero-order chi connectivity index (χ0) is 6.62. The van der Waals surface area contributed by atoms with Crippen LogP contribution < -0.4 is 4.72 Å². The van der Waals surface area contributed by atoms with Crippen molar-refractivity contribution in [3.8, 4) is 0 Å². The van der Waals surface area contributed by atoms with Gasteiger partial charge in [0.2, 0.25) is 0 Å². The van der Waals surface area contributed by atoms with E-state index in [0.29, 0.717) is 0 Å². The van der Waals surface area contributed by atoms with Gasteiger partial charge >= 0.3 is 6.30 Å². The molecule has 0 aliphatic heterocycles. The third-order valence-electron chi connectivity index (χ3n) is 0.195. The molecule has 0 atom stereocenters. The SMILES string of the molecule is OOSNC(F)(F)F.[Rf]. The summed E-state index contributed by atoms with van der Waals surface area (Å²) in [6, 6.07) is 0. The Bertz CT molecular complexity index is 69.3. The summed E-state index contributed by atoms with van der Waals surface area (Å²) in [4.78, 5) is 0. The van der Waals surface area contributed by atoms with Crippen LogP contribution in [-0.4, -0.2) is 11.6 Å².